The fourth-order valence-corrected chi connectivity index (χ4v) is 4.43. The minimum atomic E-state index is -0.683. The second kappa shape index (κ2) is 7.46. The van der Waals surface area contributed by atoms with E-state index < -0.39 is 12.0 Å². The number of carbonyl (C=O) groups excluding carboxylic acids is 1. The monoisotopic (exact) mass is 470 g/mol. The maximum Gasteiger partial charge on any atom is 0.338 e. The van der Waals surface area contributed by atoms with Gasteiger partial charge in [-0.2, -0.15) is 5.26 Å². The molecule has 1 aromatic carbocycles. The van der Waals surface area contributed by atoms with Crippen molar-refractivity contribution in [3.8, 4) is 17.4 Å². The Morgan fingerprint density at radius 2 is 2.07 bits per heavy atom. The molecular weight excluding hydrogens is 456 g/mol. The Morgan fingerprint density at radius 3 is 2.72 bits per heavy atom. The number of allylic oxidation sites excluding steroid dienone is 2. The molecule has 2 aliphatic heterocycles. The minimum absolute atomic E-state index is 0.233. The van der Waals surface area contributed by atoms with Gasteiger partial charge in [0.1, 0.15) is 34.4 Å². The number of ether oxygens (including phenoxy) is 1. The standard InChI is InChI=1S/C20H15BrN4O3S/c1-10-16(19(26)27-2)17(25-18(23)15(9-22)29-20(25)24-10)14-8-7-13(28-14)11-3-5-12(21)6-4-11/h3-8,17H,23H2,1-2H3/t17-/m1/s1. The molecule has 0 saturated carbocycles. The third kappa shape index (κ3) is 3.24. The topological polar surface area (TPSA) is 105 Å². The van der Waals surface area contributed by atoms with Gasteiger partial charge in [0, 0.05) is 10.0 Å². The summed E-state index contributed by atoms with van der Waals surface area (Å²) in [6.07, 6.45) is 0. The van der Waals surface area contributed by atoms with Crippen LogP contribution in [0.3, 0.4) is 0 Å². The van der Waals surface area contributed by atoms with Gasteiger partial charge in [0.2, 0.25) is 0 Å². The van der Waals surface area contributed by atoms with E-state index in [0.717, 1.165) is 10.0 Å². The molecule has 0 amide bonds. The number of methoxy groups -OCH3 is 1. The SMILES string of the molecule is COC(=O)C1=C(C)N=C2SC(C#N)=C(N)N2[C@@H]1c1ccc(-c2ccc(Br)cc2)o1. The second-order valence-corrected chi connectivity index (χ2v) is 8.19. The highest BCUT2D eigenvalue weighted by Crippen LogP contribution is 2.46. The number of furan rings is 1. The van der Waals surface area contributed by atoms with E-state index >= 15 is 0 Å². The maximum absolute atomic E-state index is 12.6. The van der Waals surface area contributed by atoms with Crippen LogP contribution in [0.2, 0.25) is 0 Å². The van der Waals surface area contributed by atoms with Crippen molar-refractivity contribution >= 4 is 38.8 Å². The number of benzene rings is 1. The first-order valence-electron chi connectivity index (χ1n) is 8.55. The number of nitrogens with two attached hydrogens (primary N) is 1. The van der Waals surface area contributed by atoms with Gasteiger partial charge in [0.05, 0.1) is 18.4 Å². The quantitative estimate of drug-likeness (QED) is 0.667. The smallest absolute Gasteiger partial charge is 0.338 e. The molecule has 0 spiro atoms. The molecule has 1 aromatic heterocycles. The number of hydrogen-bond acceptors (Lipinski definition) is 8. The number of esters is 1. The van der Waals surface area contributed by atoms with E-state index in [1.54, 1.807) is 17.9 Å². The van der Waals surface area contributed by atoms with Gasteiger partial charge in [-0.15, -0.1) is 0 Å². The molecule has 2 aliphatic rings. The lowest BCUT2D eigenvalue weighted by Gasteiger charge is -2.33. The summed E-state index contributed by atoms with van der Waals surface area (Å²) < 4.78 is 12.1. The molecule has 4 rings (SSSR count). The first kappa shape index (κ1) is 19.4. The number of fused-ring (bicyclic) bond motifs is 1. The zero-order valence-electron chi connectivity index (χ0n) is 15.5. The predicted octanol–water partition coefficient (Wildman–Crippen LogP) is 4.27. The number of hydrogen-bond donors (Lipinski definition) is 1. The Hall–Kier alpha value is -2.96. The van der Waals surface area contributed by atoms with Crippen LogP contribution in [-0.4, -0.2) is 23.1 Å². The number of rotatable bonds is 3. The fraction of sp³-hybridized carbons (Fsp3) is 0.150. The summed E-state index contributed by atoms with van der Waals surface area (Å²) in [4.78, 5) is 19.0. The van der Waals surface area contributed by atoms with Crippen molar-refractivity contribution in [2.45, 2.75) is 13.0 Å². The minimum Gasteiger partial charge on any atom is -0.466 e. The van der Waals surface area contributed by atoms with E-state index in [9.17, 15) is 10.1 Å². The number of carbonyl (C=O) groups is 1. The molecule has 0 saturated heterocycles. The van der Waals surface area contributed by atoms with Gasteiger partial charge < -0.3 is 14.9 Å². The molecule has 2 N–H and O–H groups in total. The molecule has 0 fully saturated rings. The van der Waals surface area contributed by atoms with E-state index in [1.165, 1.54) is 18.9 Å². The molecule has 2 aromatic rings. The normalized spacial score (nSPS) is 18.5. The van der Waals surface area contributed by atoms with Crippen LogP contribution in [0.4, 0.5) is 0 Å². The second-order valence-electron chi connectivity index (χ2n) is 6.29. The van der Waals surface area contributed by atoms with E-state index in [-0.39, 0.29) is 5.82 Å². The summed E-state index contributed by atoms with van der Waals surface area (Å²) in [5, 5.41) is 9.90. The first-order chi connectivity index (χ1) is 13.9. The van der Waals surface area contributed by atoms with Gasteiger partial charge in [0.15, 0.2) is 5.17 Å². The van der Waals surface area contributed by atoms with E-state index in [0.29, 0.717) is 32.9 Å². The zero-order chi connectivity index (χ0) is 20.7. The lowest BCUT2D eigenvalue weighted by atomic mass is 10.00. The van der Waals surface area contributed by atoms with E-state index in [2.05, 4.69) is 27.0 Å². The number of amidine groups is 1. The Morgan fingerprint density at radius 1 is 1.34 bits per heavy atom. The van der Waals surface area contributed by atoms with Crippen molar-refractivity contribution in [3.05, 3.63) is 68.6 Å². The summed E-state index contributed by atoms with van der Waals surface area (Å²) >= 11 is 4.59. The Bertz CT molecular complexity index is 1140. The van der Waals surface area contributed by atoms with Crippen LogP contribution < -0.4 is 5.73 Å². The molecule has 7 nitrogen and oxygen atoms in total. The largest absolute Gasteiger partial charge is 0.466 e. The van der Waals surface area contributed by atoms with E-state index in [1.807, 2.05) is 30.3 Å². The van der Waals surface area contributed by atoms with Gasteiger partial charge in [-0.3, -0.25) is 4.90 Å². The number of halogens is 1. The van der Waals surface area contributed by atoms with Crippen LogP contribution in [0, 0.1) is 11.3 Å². The van der Waals surface area contributed by atoms with Gasteiger partial charge in [-0.25, -0.2) is 9.79 Å². The van der Waals surface area contributed by atoms with Crippen molar-refractivity contribution < 1.29 is 13.9 Å². The molecule has 29 heavy (non-hydrogen) atoms. The third-order valence-corrected chi connectivity index (χ3v) is 6.11. The number of aliphatic imine (C=N–C) groups is 1. The molecular formula is C20H15BrN4O3S. The van der Waals surface area contributed by atoms with Crippen molar-refractivity contribution in [1.82, 2.24) is 4.90 Å². The molecule has 146 valence electrons. The highest BCUT2D eigenvalue weighted by Gasteiger charge is 2.44. The molecule has 0 radical (unpaired) electrons. The Kier molecular flexibility index (Phi) is 4.98. The third-order valence-electron chi connectivity index (χ3n) is 4.61. The molecule has 3 heterocycles. The molecule has 0 bridgehead atoms. The summed E-state index contributed by atoms with van der Waals surface area (Å²) in [5.41, 5.74) is 7.92. The fourth-order valence-electron chi connectivity index (χ4n) is 3.25. The summed E-state index contributed by atoms with van der Waals surface area (Å²) in [6, 6.07) is 12.7. The van der Waals surface area contributed by atoms with Crippen LogP contribution in [0.15, 0.2) is 72.3 Å². The molecule has 9 heteroatoms. The molecule has 1 atom stereocenters. The predicted molar refractivity (Wildman–Crippen MR) is 113 cm³/mol. The van der Waals surface area contributed by atoms with Crippen molar-refractivity contribution in [3.63, 3.8) is 0 Å². The van der Waals surface area contributed by atoms with Gasteiger partial charge in [-0.05, 0) is 43.0 Å². The van der Waals surface area contributed by atoms with Crippen LogP contribution >= 0.6 is 27.7 Å². The van der Waals surface area contributed by atoms with Gasteiger partial charge in [0.25, 0.3) is 0 Å². The lowest BCUT2D eigenvalue weighted by Crippen LogP contribution is -2.38. The van der Waals surface area contributed by atoms with Gasteiger partial charge >= 0.3 is 5.97 Å². The van der Waals surface area contributed by atoms with Crippen LogP contribution in [0.5, 0.6) is 0 Å². The van der Waals surface area contributed by atoms with Crippen LogP contribution in [-0.2, 0) is 9.53 Å². The summed E-state index contributed by atoms with van der Waals surface area (Å²) in [7, 11) is 1.31. The number of nitrogens with zero attached hydrogens (tertiary/aromatic N) is 3. The summed E-state index contributed by atoms with van der Waals surface area (Å²) in [5.74, 6) is 0.850. The number of nitriles is 1. The van der Waals surface area contributed by atoms with Crippen molar-refractivity contribution in [1.29, 1.82) is 5.26 Å². The van der Waals surface area contributed by atoms with E-state index in [4.69, 9.17) is 14.9 Å². The maximum atomic E-state index is 12.6. The van der Waals surface area contributed by atoms with Crippen molar-refractivity contribution in [2.75, 3.05) is 7.11 Å². The highest BCUT2D eigenvalue weighted by atomic mass is 79.9. The van der Waals surface area contributed by atoms with Crippen LogP contribution in [0.1, 0.15) is 18.7 Å². The average molecular weight is 471 g/mol. The lowest BCUT2D eigenvalue weighted by molar-refractivity contribution is -0.136. The molecule has 0 unspecified atom stereocenters. The zero-order valence-corrected chi connectivity index (χ0v) is 17.9. The first-order valence-corrected chi connectivity index (χ1v) is 10.2. The van der Waals surface area contributed by atoms with Crippen LogP contribution in [0.25, 0.3) is 11.3 Å². The number of thioether (sulfide) groups is 1. The van der Waals surface area contributed by atoms with Gasteiger partial charge in [-0.1, -0.05) is 28.1 Å². The van der Waals surface area contributed by atoms with Crippen molar-refractivity contribution in [2.24, 2.45) is 10.7 Å². The average Bonchev–Trinajstić information content (AvgIpc) is 3.32. The Labute approximate surface area is 179 Å². The molecule has 0 aliphatic carbocycles. The summed E-state index contributed by atoms with van der Waals surface area (Å²) in [6.45, 7) is 1.73. The highest BCUT2D eigenvalue weighted by molar-refractivity contribution is 9.10. The Balaban J connectivity index is 1.83.